The minimum absolute atomic E-state index is 0.288. The van der Waals surface area contributed by atoms with Crippen LogP contribution in [0.4, 0.5) is 5.00 Å². The first-order valence-corrected chi connectivity index (χ1v) is 9.65. The van der Waals surface area contributed by atoms with Crippen LogP contribution in [0.25, 0.3) is 10.4 Å². The molecule has 5 nitrogen and oxygen atoms in total. The average molecular weight is 390 g/mol. The zero-order valence-corrected chi connectivity index (χ0v) is 16.4. The quantitative estimate of drug-likeness (QED) is 0.704. The first-order chi connectivity index (χ1) is 13.7. The smallest absolute Gasteiger partial charge is 0.256 e. The van der Waals surface area contributed by atoms with Gasteiger partial charge >= 0.3 is 0 Å². The van der Waals surface area contributed by atoms with Gasteiger partial charge in [0, 0.05) is 10.4 Å². The van der Waals surface area contributed by atoms with Crippen molar-refractivity contribution in [2.45, 2.75) is 12.8 Å². The summed E-state index contributed by atoms with van der Waals surface area (Å²) in [5, 5.41) is 13.2. The third-order valence-corrected chi connectivity index (χ3v) is 6.08. The molecule has 2 aromatic carbocycles. The van der Waals surface area contributed by atoms with Gasteiger partial charge in [-0.15, -0.1) is 11.3 Å². The Morgan fingerprint density at radius 2 is 1.89 bits per heavy atom. The van der Waals surface area contributed by atoms with E-state index >= 15 is 0 Å². The maximum Gasteiger partial charge on any atom is 0.256 e. The Hall–Kier alpha value is -3.30. The van der Waals surface area contributed by atoms with Gasteiger partial charge in [-0.2, -0.15) is 5.26 Å². The first-order valence-electron chi connectivity index (χ1n) is 8.83. The van der Waals surface area contributed by atoms with E-state index in [-0.39, 0.29) is 5.91 Å². The van der Waals surface area contributed by atoms with Crippen molar-refractivity contribution in [2.75, 3.05) is 19.5 Å². The molecule has 3 aromatic rings. The molecule has 0 saturated carbocycles. The van der Waals surface area contributed by atoms with Crippen molar-refractivity contribution in [1.29, 1.82) is 5.26 Å². The highest BCUT2D eigenvalue weighted by molar-refractivity contribution is 7.20. The molecule has 0 unspecified atom stereocenters. The normalized spacial score (nSPS) is 11.8. The van der Waals surface area contributed by atoms with Gasteiger partial charge in [0.05, 0.1) is 19.8 Å². The van der Waals surface area contributed by atoms with Crippen LogP contribution in [0.2, 0.25) is 0 Å². The van der Waals surface area contributed by atoms with E-state index in [2.05, 4.69) is 23.5 Å². The van der Waals surface area contributed by atoms with Crippen molar-refractivity contribution in [3.63, 3.8) is 0 Å². The summed E-state index contributed by atoms with van der Waals surface area (Å²) in [6.07, 6.45) is 1.70. The Labute approximate surface area is 167 Å². The van der Waals surface area contributed by atoms with Gasteiger partial charge in [-0.3, -0.25) is 4.79 Å². The molecular formula is C22H18N2O3S. The number of amides is 1. The van der Waals surface area contributed by atoms with Crippen LogP contribution in [0.5, 0.6) is 11.5 Å². The lowest BCUT2D eigenvalue weighted by Gasteiger charge is -2.15. The molecule has 0 spiro atoms. The van der Waals surface area contributed by atoms with Gasteiger partial charge in [-0.05, 0) is 47.7 Å². The molecule has 1 heterocycles. The fraction of sp³-hybridized carbons (Fsp3) is 0.182. The molecular weight excluding hydrogens is 372 g/mol. The van der Waals surface area contributed by atoms with Crippen LogP contribution in [0.1, 0.15) is 27.0 Å². The highest BCUT2D eigenvalue weighted by atomic mass is 32.1. The molecule has 1 amide bonds. The van der Waals surface area contributed by atoms with Crippen LogP contribution in [0.3, 0.4) is 0 Å². The van der Waals surface area contributed by atoms with Crippen LogP contribution in [-0.2, 0) is 12.8 Å². The number of carbonyl (C=O) groups is 1. The van der Waals surface area contributed by atoms with Gasteiger partial charge in [0.15, 0.2) is 11.5 Å². The Morgan fingerprint density at radius 3 is 2.64 bits per heavy atom. The molecule has 0 bridgehead atoms. The zero-order chi connectivity index (χ0) is 19.7. The highest BCUT2D eigenvalue weighted by Crippen LogP contribution is 2.44. The Bertz CT molecular complexity index is 1110. The van der Waals surface area contributed by atoms with Crippen molar-refractivity contribution < 1.29 is 14.3 Å². The Balaban J connectivity index is 1.69. The second kappa shape index (κ2) is 7.37. The molecule has 1 aliphatic carbocycles. The minimum Gasteiger partial charge on any atom is -0.493 e. The van der Waals surface area contributed by atoms with Gasteiger partial charge in [-0.1, -0.05) is 24.3 Å². The number of nitrogens with zero attached hydrogens (tertiary/aromatic N) is 1. The molecule has 6 heteroatoms. The molecule has 0 radical (unpaired) electrons. The predicted octanol–water partition coefficient (Wildman–Crippen LogP) is 4.65. The molecule has 1 aromatic heterocycles. The monoisotopic (exact) mass is 390 g/mol. The van der Waals surface area contributed by atoms with Gasteiger partial charge in [-0.25, -0.2) is 0 Å². The number of ether oxygens (including phenoxy) is 2. The average Bonchev–Trinajstić information content (AvgIpc) is 3.10. The first kappa shape index (κ1) is 18.1. The fourth-order valence-corrected chi connectivity index (χ4v) is 4.76. The number of methoxy groups -OCH3 is 2. The largest absolute Gasteiger partial charge is 0.493 e. The van der Waals surface area contributed by atoms with Crippen LogP contribution in [-0.4, -0.2) is 20.1 Å². The second-order valence-corrected chi connectivity index (χ2v) is 7.43. The molecule has 0 fully saturated rings. The number of hydrogen-bond donors (Lipinski definition) is 1. The standard InChI is InChI=1S/C22H18N2O3S/c1-26-18-10-8-14(11-19(18)27-2)21(25)24-22-17(12-23)16-9-7-13-5-3-4-6-15(13)20(16)28-22/h3-6,8,10-11H,7,9H2,1-2H3,(H,24,25). The summed E-state index contributed by atoms with van der Waals surface area (Å²) in [7, 11) is 3.07. The third kappa shape index (κ3) is 3.00. The summed E-state index contributed by atoms with van der Waals surface area (Å²) < 4.78 is 10.5. The SMILES string of the molecule is COc1ccc(C(=O)Nc2sc3c(c2C#N)CCc2ccccc2-3)cc1OC. The summed E-state index contributed by atoms with van der Waals surface area (Å²) in [6.45, 7) is 0. The number of aryl methyl sites for hydroxylation is 1. The number of hydrogen-bond acceptors (Lipinski definition) is 5. The molecule has 0 saturated heterocycles. The Morgan fingerprint density at radius 1 is 1.11 bits per heavy atom. The summed E-state index contributed by atoms with van der Waals surface area (Å²) in [6, 6.07) is 15.5. The zero-order valence-electron chi connectivity index (χ0n) is 15.5. The third-order valence-electron chi connectivity index (χ3n) is 4.90. The van der Waals surface area contributed by atoms with Crippen LogP contribution >= 0.6 is 11.3 Å². The van der Waals surface area contributed by atoms with Crippen molar-refractivity contribution >= 4 is 22.2 Å². The maximum atomic E-state index is 12.8. The van der Waals surface area contributed by atoms with E-state index in [0.717, 1.165) is 28.8 Å². The van der Waals surface area contributed by atoms with E-state index in [0.29, 0.717) is 27.6 Å². The lowest BCUT2D eigenvalue weighted by atomic mass is 9.90. The van der Waals surface area contributed by atoms with Crippen molar-refractivity contribution in [3.05, 3.63) is 64.7 Å². The van der Waals surface area contributed by atoms with E-state index in [1.165, 1.54) is 24.0 Å². The second-order valence-electron chi connectivity index (χ2n) is 6.41. The van der Waals surface area contributed by atoms with E-state index in [1.807, 2.05) is 12.1 Å². The molecule has 140 valence electrons. The van der Waals surface area contributed by atoms with E-state index in [4.69, 9.17) is 9.47 Å². The number of benzene rings is 2. The minimum atomic E-state index is -0.288. The van der Waals surface area contributed by atoms with Gasteiger partial charge in [0.1, 0.15) is 11.1 Å². The summed E-state index contributed by atoms with van der Waals surface area (Å²) in [5.74, 6) is 0.749. The van der Waals surface area contributed by atoms with Gasteiger partial charge < -0.3 is 14.8 Å². The van der Waals surface area contributed by atoms with E-state index in [1.54, 1.807) is 25.3 Å². The lowest BCUT2D eigenvalue weighted by molar-refractivity contribution is 0.102. The van der Waals surface area contributed by atoms with Gasteiger partial charge in [0.2, 0.25) is 0 Å². The summed E-state index contributed by atoms with van der Waals surface area (Å²) in [5.41, 5.74) is 4.45. The predicted molar refractivity (Wildman–Crippen MR) is 109 cm³/mol. The van der Waals surface area contributed by atoms with Gasteiger partial charge in [0.25, 0.3) is 5.91 Å². The van der Waals surface area contributed by atoms with E-state index in [9.17, 15) is 10.1 Å². The van der Waals surface area contributed by atoms with Crippen molar-refractivity contribution in [1.82, 2.24) is 0 Å². The highest BCUT2D eigenvalue weighted by Gasteiger charge is 2.25. The van der Waals surface area contributed by atoms with Crippen LogP contribution in [0, 0.1) is 11.3 Å². The summed E-state index contributed by atoms with van der Waals surface area (Å²) >= 11 is 1.46. The maximum absolute atomic E-state index is 12.8. The molecule has 4 rings (SSSR count). The number of thiophene rings is 1. The number of nitrogens with one attached hydrogen (secondary N) is 1. The molecule has 1 aliphatic rings. The number of carbonyl (C=O) groups excluding carboxylic acids is 1. The molecule has 0 aliphatic heterocycles. The molecule has 0 atom stereocenters. The summed E-state index contributed by atoms with van der Waals surface area (Å²) in [4.78, 5) is 13.9. The number of anilines is 1. The molecule has 28 heavy (non-hydrogen) atoms. The number of rotatable bonds is 4. The topological polar surface area (TPSA) is 71.3 Å². The van der Waals surface area contributed by atoms with E-state index < -0.39 is 0 Å². The van der Waals surface area contributed by atoms with Crippen molar-refractivity contribution in [2.24, 2.45) is 0 Å². The molecule has 1 N–H and O–H groups in total. The fourth-order valence-electron chi connectivity index (χ4n) is 3.50. The lowest BCUT2D eigenvalue weighted by Crippen LogP contribution is -2.12. The number of nitriles is 1. The van der Waals surface area contributed by atoms with Crippen molar-refractivity contribution in [3.8, 4) is 28.0 Å². The van der Waals surface area contributed by atoms with Crippen LogP contribution in [0.15, 0.2) is 42.5 Å². The Kier molecular flexibility index (Phi) is 4.76. The van der Waals surface area contributed by atoms with Crippen LogP contribution < -0.4 is 14.8 Å². The number of fused-ring (bicyclic) bond motifs is 3.